The SMILES string of the molecule is Cc1ccc(NC(=O)CN(c2cccc(Cl)c2)S(=O)(=O)c2ccc(Cl)cc2)cc1Cl. The molecule has 1 amide bonds. The van der Waals surface area contributed by atoms with Crippen LogP contribution in [0.3, 0.4) is 0 Å². The average molecular weight is 484 g/mol. The Morgan fingerprint density at radius 1 is 0.933 bits per heavy atom. The van der Waals surface area contributed by atoms with E-state index in [-0.39, 0.29) is 10.6 Å². The van der Waals surface area contributed by atoms with Crippen LogP contribution in [0.25, 0.3) is 0 Å². The zero-order valence-corrected chi connectivity index (χ0v) is 18.9. The molecular weight excluding hydrogens is 467 g/mol. The number of hydrogen-bond acceptors (Lipinski definition) is 3. The standard InChI is InChI=1S/C21H17Cl3N2O3S/c1-14-5-8-17(12-20(14)24)25-21(27)13-26(18-4-2-3-16(23)11-18)30(28,29)19-9-6-15(22)7-10-19/h2-12H,13H2,1H3,(H,25,27). The van der Waals surface area contributed by atoms with Gasteiger partial charge in [-0.2, -0.15) is 0 Å². The first kappa shape index (κ1) is 22.4. The Bertz CT molecular complexity index is 1180. The van der Waals surface area contributed by atoms with E-state index in [0.29, 0.717) is 20.8 Å². The van der Waals surface area contributed by atoms with Gasteiger partial charge in [-0.15, -0.1) is 0 Å². The number of carbonyl (C=O) groups excluding carboxylic acids is 1. The van der Waals surface area contributed by atoms with Gasteiger partial charge in [-0.05, 0) is 67.1 Å². The van der Waals surface area contributed by atoms with Crippen molar-refractivity contribution in [3.8, 4) is 0 Å². The Hall–Kier alpha value is -2.25. The average Bonchev–Trinajstić information content (AvgIpc) is 2.69. The highest BCUT2D eigenvalue weighted by molar-refractivity contribution is 7.92. The minimum atomic E-state index is -4.06. The van der Waals surface area contributed by atoms with Crippen LogP contribution < -0.4 is 9.62 Å². The lowest BCUT2D eigenvalue weighted by molar-refractivity contribution is -0.114. The molecule has 0 atom stereocenters. The number of hydrogen-bond donors (Lipinski definition) is 1. The summed E-state index contributed by atoms with van der Waals surface area (Å²) < 4.78 is 27.6. The highest BCUT2D eigenvalue weighted by atomic mass is 35.5. The molecule has 0 aliphatic carbocycles. The van der Waals surface area contributed by atoms with E-state index in [0.717, 1.165) is 9.87 Å². The number of rotatable bonds is 6. The van der Waals surface area contributed by atoms with E-state index in [4.69, 9.17) is 34.8 Å². The Morgan fingerprint density at radius 3 is 2.27 bits per heavy atom. The second-order valence-corrected chi connectivity index (χ2v) is 9.60. The molecule has 30 heavy (non-hydrogen) atoms. The van der Waals surface area contributed by atoms with E-state index in [1.165, 1.54) is 30.3 Å². The van der Waals surface area contributed by atoms with Crippen LogP contribution in [0.1, 0.15) is 5.56 Å². The molecular formula is C21H17Cl3N2O3S. The number of carbonyl (C=O) groups is 1. The van der Waals surface area contributed by atoms with Crippen molar-refractivity contribution < 1.29 is 13.2 Å². The minimum Gasteiger partial charge on any atom is -0.324 e. The summed E-state index contributed by atoms with van der Waals surface area (Å²) in [7, 11) is -4.06. The molecule has 0 heterocycles. The molecule has 3 rings (SSSR count). The topological polar surface area (TPSA) is 66.5 Å². The maximum atomic E-state index is 13.3. The number of amides is 1. The van der Waals surface area contributed by atoms with E-state index in [1.807, 2.05) is 6.92 Å². The molecule has 0 aliphatic rings. The molecule has 0 radical (unpaired) electrons. The number of aryl methyl sites for hydroxylation is 1. The fourth-order valence-electron chi connectivity index (χ4n) is 2.68. The minimum absolute atomic E-state index is 0.00180. The van der Waals surface area contributed by atoms with Crippen LogP contribution in [0.2, 0.25) is 15.1 Å². The largest absolute Gasteiger partial charge is 0.324 e. The van der Waals surface area contributed by atoms with Crippen molar-refractivity contribution in [3.63, 3.8) is 0 Å². The van der Waals surface area contributed by atoms with Gasteiger partial charge in [-0.25, -0.2) is 8.42 Å². The van der Waals surface area contributed by atoms with Gasteiger partial charge in [0.1, 0.15) is 6.54 Å². The first-order valence-electron chi connectivity index (χ1n) is 8.77. The van der Waals surface area contributed by atoms with Crippen molar-refractivity contribution in [1.29, 1.82) is 0 Å². The predicted octanol–water partition coefficient (Wildman–Crippen LogP) is 5.79. The fraction of sp³-hybridized carbons (Fsp3) is 0.0952. The second kappa shape index (κ2) is 9.27. The fourth-order valence-corrected chi connectivity index (χ4v) is 4.59. The highest BCUT2D eigenvalue weighted by Crippen LogP contribution is 2.27. The molecule has 0 aliphatic heterocycles. The maximum absolute atomic E-state index is 13.3. The van der Waals surface area contributed by atoms with E-state index < -0.39 is 22.5 Å². The van der Waals surface area contributed by atoms with Crippen LogP contribution in [-0.2, 0) is 14.8 Å². The van der Waals surface area contributed by atoms with E-state index in [2.05, 4.69) is 5.32 Å². The quantitative estimate of drug-likeness (QED) is 0.482. The summed E-state index contributed by atoms with van der Waals surface area (Å²) >= 11 is 18.0. The molecule has 156 valence electrons. The van der Waals surface area contributed by atoms with Gasteiger partial charge in [-0.1, -0.05) is 46.9 Å². The number of anilines is 2. The summed E-state index contributed by atoms with van der Waals surface area (Å²) in [4.78, 5) is 12.7. The number of nitrogens with zero attached hydrogens (tertiary/aromatic N) is 1. The summed E-state index contributed by atoms with van der Waals surface area (Å²) in [5, 5.41) is 3.91. The Balaban J connectivity index is 1.94. The third-order valence-electron chi connectivity index (χ3n) is 4.24. The Kier molecular flexibility index (Phi) is 6.93. The predicted molar refractivity (Wildman–Crippen MR) is 122 cm³/mol. The maximum Gasteiger partial charge on any atom is 0.264 e. The van der Waals surface area contributed by atoms with Crippen LogP contribution in [0.15, 0.2) is 71.6 Å². The number of sulfonamides is 1. The van der Waals surface area contributed by atoms with Crippen molar-refractivity contribution in [2.24, 2.45) is 0 Å². The molecule has 5 nitrogen and oxygen atoms in total. The number of nitrogens with one attached hydrogen (secondary N) is 1. The van der Waals surface area contributed by atoms with Crippen molar-refractivity contribution >= 4 is 62.1 Å². The lowest BCUT2D eigenvalue weighted by atomic mass is 10.2. The first-order valence-corrected chi connectivity index (χ1v) is 11.3. The lowest BCUT2D eigenvalue weighted by Gasteiger charge is -2.24. The number of halogens is 3. The highest BCUT2D eigenvalue weighted by Gasteiger charge is 2.27. The van der Waals surface area contributed by atoms with Crippen molar-refractivity contribution in [1.82, 2.24) is 0 Å². The third kappa shape index (κ3) is 5.26. The Labute approximate surface area is 190 Å². The molecule has 0 fully saturated rings. The summed E-state index contributed by atoms with van der Waals surface area (Å²) in [6, 6.07) is 17.0. The zero-order chi connectivity index (χ0) is 21.9. The van der Waals surface area contributed by atoms with Crippen LogP contribution in [0, 0.1) is 6.92 Å². The molecule has 0 spiro atoms. The molecule has 0 saturated carbocycles. The molecule has 0 saturated heterocycles. The molecule has 3 aromatic carbocycles. The van der Waals surface area contributed by atoms with E-state index in [9.17, 15) is 13.2 Å². The molecule has 9 heteroatoms. The van der Waals surface area contributed by atoms with Gasteiger partial charge in [0.15, 0.2) is 0 Å². The normalized spacial score (nSPS) is 11.2. The summed E-state index contributed by atoms with van der Waals surface area (Å²) in [6.45, 7) is 1.38. The van der Waals surface area contributed by atoms with E-state index >= 15 is 0 Å². The van der Waals surface area contributed by atoms with Crippen molar-refractivity contribution in [3.05, 3.63) is 87.4 Å². The molecule has 1 N–H and O–H groups in total. The van der Waals surface area contributed by atoms with Gasteiger partial charge >= 0.3 is 0 Å². The van der Waals surface area contributed by atoms with Crippen LogP contribution in [0.5, 0.6) is 0 Å². The lowest BCUT2D eigenvalue weighted by Crippen LogP contribution is -2.38. The van der Waals surface area contributed by atoms with Gasteiger partial charge in [0, 0.05) is 20.8 Å². The van der Waals surface area contributed by atoms with Gasteiger partial charge < -0.3 is 5.32 Å². The Morgan fingerprint density at radius 2 is 1.63 bits per heavy atom. The summed E-state index contributed by atoms with van der Waals surface area (Å²) in [5.74, 6) is -0.535. The van der Waals surface area contributed by atoms with E-state index in [1.54, 1.807) is 36.4 Å². The number of benzene rings is 3. The van der Waals surface area contributed by atoms with Gasteiger partial charge in [0.05, 0.1) is 10.6 Å². The molecule has 3 aromatic rings. The second-order valence-electron chi connectivity index (χ2n) is 6.46. The first-order chi connectivity index (χ1) is 14.2. The monoisotopic (exact) mass is 482 g/mol. The van der Waals surface area contributed by atoms with Crippen molar-refractivity contribution in [2.45, 2.75) is 11.8 Å². The van der Waals surface area contributed by atoms with Crippen LogP contribution in [-0.4, -0.2) is 20.9 Å². The zero-order valence-electron chi connectivity index (χ0n) is 15.8. The summed E-state index contributed by atoms with van der Waals surface area (Å²) in [6.07, 6.45) is 0. The van der Waals surface area contributed by atoms with Gasteiger partial charge in [0.2, 0.25) is 5.91 Å². The summed E-state index contributed by atoms with van der Waals surface area (Å²) in [5.41, 5.74) is 1.58. The third-order valence-corrected chi connectivity index (χ3v) is 6.92. The van der Waals surface area contributed by atoms with Crippen LogP contribution in [0.4, 0.5) is 11.4 Å². The molecule has 0 bridgehead atoms. The smallest absolute Gasteiger partial charge is 0.264 e. The van der Waals surface area contributed by atoms with Crippen molar-refractivity contribution in [2.75, 3.05) is 16.2 Å². The van der Waals surface area contributed by atoms with Gasteiger partial charge in [0.25, 0.3) is 10.0 Å². The molecule has 0 aromatic heterocycles. The van der Waals surface area contributed by atoms with Crippen LogP contribution >= 0.6 is 34.8 Å². The van der Waals surface area contributed by atoms with Gasteiger partial charge in [-0.3, -0.25) is 9.10 Å². The molecule has 0 unspecified atom stereocenters.